The number of benzene rings is 1. The van der Waals surface area contributed by atoms with Crippen LogP contribution in [-0.4, -0.2) is 24.9 Å². The van der Waals surface area contributed by atoms with Crippen molar-refractivity contribution in [3.05, 3.63) is 45.7 Å². The molecular weight excluding hydrogens is 306 g/mol. The van der Waals surface area contributed by atoms with Crippen molar-refractivity contribution in [2.75, 3.05) is 7.05 Å². The van der Waals surface area contributed by atoms with Gasteiger partial charge in [0.1, 0.15) is 11.9 Å². The molecule has 1 aliphatic rings. The van der Waals surface area contributed by atoms with Gasteiger partial charge in [0.25, 0.3) is 11.8 Å². The number of nitrogens with two attached hydrogens (primary N) is 2. The van der Waals surface area contributed by atoms with Crippen molar-refractivity contribution in [3.8, 4) is 11.8 Å². The largest absolute Gasteiger partial charge is 0.384 e. The number of carbonyl (C=O) groups excluding carboxylic acids is 2. The first-order chi connectivity index (χ1) is 10.4. The molecule has 0 aliphatic carbocycles. The molecule has 0 spiro atoms. The summed E-state index contributed by atoms with van der Waals surface area (Å²) >= 11 is 6.06. The molecule has 0 fully saturated rings. The summed E-state index contributed by atoms with van der Waals surface area (Å²) in [7, 11) is 1.53. The van der Waals surface area contributed by atoms with E-state index in [1.807, 2.05) is 0 Å². The standard InChI is InChI=1S/C14H14ClN5O2/c1-18-14(22)8-2-4-9(15)7(6-8)3-5-10-11(13(17)21)12(16)20-19-10/h2,4,6,10,19-20H,16H2,1H3,(H2,17,21)(H,18,22). The summed E-state index contributed by atoms with van der Waals surface area (Å²) in [5.41, 5.74) is 17.2. The average molecular weight is 320 g/mol. The molecule has 22 heavy (non-hydrogen) atoms. The molecule has 1 aromatic rings. The van der Waals surface area contributed by atoms with Crippen molar-refractivity contribution in [2.24, 2.45) is 11.5 Å². The Morgan fingerprint density at radius 3 is 2.77 bits per heavy atom. The van der Waals surface area contributed by atoms with Crippen LogP contribution in [0.2, 0.25) is 5.02 Å². The Balaban J connectivity index is 2.33. The van der Waals surface area contributed by atoms with Crippen molar-refractivity contribution >= 4 is 23.4 Å². The van der Waals surface area contributed by atoms with Gasteiger partial charge < -0.3 is 22.2 Å². The van der Waals surface area contributed by atoms with Gasteiger partial charge in [-0.3, -0.25) is 9.59 Å². The molecule has 0 saturated heterocycles. The highest BCUT2D eigenvalue weighted by molar-refractivity contribution is 6.31. The lowest BCUT2D eigenvalue weighted by Crippen LogP contribution is -2.34. The fourth-order valence-electron chi connectivity index (χ4n) is 1.88. The molecule has 8 heteroatoms. The van der Waals surface area contributed by atoms with Crippen LogP contribution in [0.4, 0.5) is 0 Å². The number of primary amides is 1. The first-order valence-corrected chi connectivity index (χ1v) is 6.66. The Kier molecular flexibility index (Phi) is 4.56. The zero-order valence-corrected chi connectivity index (χ0v) is 12.4. The Morgan fingerprint density at radius 1 is 1.41 bits per heavy atom. The number of carbonyl (C=O) groups is 2. The number of halogens is 1. The van der Waals surface area contributed by atoms with E-state index < -0.39 is 11.9 Å². The number of hydrogen-bond donors (Lipinski definition) is 5. The third-order valence-corrected chi connectivity index (χ3v) is 3.33. The molecule has 1 heterocycles. The van der Waals surface area contributed by atoms with E-state index in [-0.39, 0.29) is 17.3 Å². The summed E-state index contributed by atoms with van der Waals surface area (Å²) in [6, 6.07) is 4.08. The van der Waals surface area contributed by atoms with E-state index in [1.165, 1.54) is 7.05 Å². The van der Waals surface area contributed by atoms with Crippen molar-refractivity contribution in [1.29, 1.82) is 0 Å². The molecule has 1 atom stereocenters. The minimum Gasteiger partial charge on any atom is -0.384 e. The first kappa shape index (κ1) is 15.7. The van der Waals surface area contributed by atoms with Gasteiger partial charge >= 0.3 is 0 Å². The maximum atomic E-state index is 11.6. The molecule has 0 saturated carbocycles. The molecule has 1 aromatic carbocycles. The van der Waals surface area contributed by atoms with Crippen LogP contribution in [0.1, 0.15) is 15.9 Å². The Labute approximate surface area is 132 Å². The van der Waals surface area contributed by atoms with Gasteiger partial charge in [0.05, 0.1) is 10.6 Å². The van der Waals surface area contributed by atoms with Crippen LogP contribution < -0.4 is 27.6 Å². The summed E-state index contributed by atoms with van der Waals surface area (Å²) < 4.78 is 0. The fraction of sp³-hybridized carbons (Fsp3) is 0.143. The number of amides is 2. The van der Waals surface area contributed by atoms with Gasteiger partial charge in [-0.25, -0.2) is 5.43 Å². The highest BCUT2D eigenvalue weighted by atomic mass is 35.5. The van der Waals surface area contributed by atoms with Crippen LogP contribution in [0.5, 0.6) is 0 Å². The SMILES string of the molecule is CNC(=O)c1ccc(Cl)c(C#CC2NNC(N)=C2C(N)=O)c1. The maximum absolute atomic E-state index is 11.6. The third-order valence-electron chi connectivity index (χ3n) is 3.00. The maximum Gasteiger partial charge on any atom is 0.251 e. The summed E-state index contributed by atoms with van der Waals surface area (Å²) in [5, 5.41) is 2.91. The second-order valence-corrected chi connectivity index (χ2v) is 4.84. The molecule has 1 unspecified atom stereocenters. The topological polar surface area (TPSA) is 122 Å². The van der Waals surface area contributed by atoms with Crippen molar-refractivity contribution < 1.29 is 9.59 Å². The van der Waals surface area contributed by atoms with Crippen LogP contribution in [0, 0.1) is 11.8 Å². The van der Waals surface area contributed by atoms with E-state index in [4.69, 9.17) is 23.1 Å². The molecule has 1 aliphatic heterocycles. The highest BCUT2D eigenvalue weighted by Gasteiger charge is 2.26. The smallest absolute Gasteiger partial charge is 0.251 e. The zero-order valence-electron chi connectivity index (χ0n) is 11.7. The van der Waals surface area contributed by atoms with Crippen LogP contribution in [0.15, 0.2) is 29.6 Å². The summed E-state index contributed by atoms with van der Waals surface area (Å²) in [6.07, 6.45) is 0. The van der Waals surface area contributed by atoms with E-state index in [2.05, 4.69) is 28.0 Å². The highest BCUT2D eigenvalue weighted by Crippen LogP contribution is 2.17. The Morgan fingerprint density at radius 2 is 2.14 bits per heavy atom. The predicted molar refractivity (Wildman–Crippen MR) is 82.2 cm³/mol. The van der Waals surface area contributed by atoms with E-state index in [0.717, 1.165) is 0 Å². The van der Waals surface area contributed by atoms with Gasteiger partial charge in [0.2, 0.25) is 0 Å². The Bertz CT molecular complexity index is 732. The number of rotatable bonds is 2. The lowest BCUT2D eigenvalue weighted by Gasteiger charge is -2.04. The molecule has 2 rings (SSSR count). The minimum absolute atomic E-state index is 0.136. The molecule has 0 radical (unpaired) electrons. The molecule has 2 amide bonds. The van der Waals surface area contributed by atoms with Crippen LogP contribution in [-0.2, 0) is 4.79 Å². The van der Waals surface area contributed by atoms with Gasteiger partial charge in [0, 0.05) is 18.2 Å². The monoisotopic (exact) mass is 319 g/mol. The van der Waals surface area contributed by atoms with Gasteiger partial charge in [0.15, 0.2) is 0 Å². The fourth-order valence-corrected chi connectivity index (χ4v) is 2.05. The summed E-state index contributed by atoms with van der Waals surface area (Å²) in [5.74, 6) is 4.85. The molecule has 0 aromatic heterocycles. The van der Waals surface area contributed by atoms with Crippen LogP contribution in [0.3, 0.4) is 0 Å². The first-order valence-electron chi connectivity index (χ1n) is 6.28. The lowest BCUT2D eigenvalue weighted by atomic mass is 10.1. The van der Waals surface area contributed by atoms with E-state index in [1.54, 1.807) is 18.2 Å². The molecule has 7 nitrogen and oxygen atoms in total. The number of hydrogen-bond acceptors (Lipinski definition) is 5. The summed E-state index contributed by atoms with van der Waals surface area (Å²) in [6.45, 7) is 0. The van der Waals surface area contributed by atoms with Gasteiger partial charge in [-0.15, -0.1) is 0 Å². The van der Waals surface area contributed by atoms with E-state index in [9.17, 15) is 9.59 Å². The molecule has 114 valence electrons. The predicted octanol–water partition coefficient (Wildman–Crippen LogP) is -0.817. The van der Waals surface area contributed by atoms with Gasteiger partial charge in [-0.05, 0) is 18.2 Å². The van der Waals surface area contributed by atoms with Crippen molar-refractivity contribution in [2.45, 2.75) is 6.04 Å². The molecule has 0 bridgehead atoms. The second-order valence-electron chi connectivity index (χ2n) is 4.44. The number of hydrazine groups is 1. The molecule has 7 N–H and O–H groups in total. The van der Waals surface area contributed by atoms with Crippen LogP contribution in [0.25, 0.3) is 0 Å². The quantitative estimate of drug-likeness (QED) is 0.456. The zero-order chi connectivity index (χ0) is 16.3. The second kappa shape index (κ2) is 6.39. The Hall–Kier alpha value is -2.69. The van der Waals surface area contributed by atoms with E-state index in [0.29, 0.717) is 16.1 Å². The third kappa shape index (κ3) is 3.14. The lowest BCUT2D eigenvalue weighted by molar-refractivity contribution is -0.114. The minimum atomic E-state index is -0.667. The van der Waals surface area contributed by atoms with Crippen molar-refractivity contribution in [1.82, 2.24) is 16.2 Å². The van der Waals surface area contributed by atoms with Gasteiger partial charge in [-0.1, -0.05) is 23.4 Å². The average Bonchev–Trinajstić information content (AvgIpc) is 2.86. The number of nitrogens with one attached hydrogen (secondary N) is 3. The van der Waals surface area contributed by atoms with Gasteiger partial charge in [-0.2, -0.15) is 0 Å². The van der Waals surface area contributed by atoms with Crippen LogP contribution >= 0.6 is 11.6 Å². The summed E-state index contributed by atoms with van der Waals surface area (Å²) in [4.78, 5) is 23.0. The normalized spacial score (nSPS) is 16.5. The van der Waals surface area contributed by atoms with Crippen molar-refractivity contribution in [3.63, 3.8) is 0 Å². The molecular formula is C14H14ClN5O2. The van der Waals surface area contributed by atoms with E-state index >= 15 is 0 Å².